The van der Waals surface area contributed by atoms with Gasteiger partial charge < -0.3 is 4.74 Å². The van der Waals surface area contributed by atoms with Gasteiger partial charge in [0.05, 0.1) is 13.7 Å². The molecule has 0 bridgehead atoms. The molecule has 0 unspecified atom stereocenters. The molecule has 0 amide bonds. The number of benzene rings is 2. The normalized spacial score (nSPS) is 11.0. The fourth-order valence-electron chi connectivity index (χ4n) is 3.70. The van der Waals surface area contributed by atoms with Crippen molar-refractivity contribution in [1.82, 2.24) is 9.13 Å². The first-order valence-electron chi connectivity index (χ1n) is 10.6. The average Bonchev–Trinajstić information content (AvgIpc) is 3.04. The Bertz CT molecular complexity index is 950. The SMILES string of the molecule is CCCn1c(CCCc2ccc(OC)cc2)cn(Cc2ccc(CC)cc2)c1=O. The molecule has 4 heteroatoms. The second kappa shape index (κ2) is 10.1. The fourth-order valence-corrected chi connectivity index (χ4v) is 3.70. The molecule has 0 aliphatic carbocycles. The quantitative estimate of drug-likeness (QED) is 0.494. The molecule has 3 rings (SSSR count). The summed E-state index contributed by atoms with van der Waals surface area (Å²) in [6, 6.07) is 16.8. The van der Waals surface area contributed by atoms with Crippen LogP contribution in [0.3, 0.4) is 0 Å². The summed E-state index contributed by atoms with van der Waals surface area (Å²) >= 11 is 0. The van der Waals surface area contributed by atoms with E-state index in [1.165, 1.54) is 16.7 Å². The first-order valence-corrected chi connectivity index (χ1v) is 10.6. The second-order valence-electron chi connectivity index (χ2n) is 7.55. The molecule has 0 atom stereocenters. The third-order valence-electron chi connectivity index (χ3n) is 5.42. The maximum Gasteiger partial charge on any atom is 0.328 e. The lowest BCUT2D eigenvalue weighted by Crippen LogP contribution is -2.25. The van der Waals surface area contributed by atoms with Gasteiger partial charge in [-0.25, -0.2) is 4.79 Å². The molecular formula is C25H32N2O2. The fraction of sp³-hybridized carbons (Fsp3) is 0.400. The third kappa shape index (κ3) is 5.41. The number of aromatic nitrogens is 2. The summed E-state index contributed by atoms with van der Waals surface area (Å²) in [4.78, 5) is 12.9. The Hall–Kier alpha value is -2.75. The molecule has 0 saturated carbocycles. The van der Waals surface area contributed by atoms with Gasteiger partial charge in [0.15, 0.2) is 0 Å². The summed E-state index contributed by atoms with van der Waals surface area (Å²) in [6.45, 7) is 5.68. The van der Waals surface area contributed by atoms with Gasteiger partial charge in [-0.1, -0.05) is 50.2 Å². The molecule has 0 aliphatic rings. The number of hydrogen-bond acceptors (Lipinski definition) is 2. The number of ether oxygens (including phenoxy) is 1. The van der Waals surface area contributed by atoms with Crippen LogP contribution in [0.25, 0.3) is 0 Å². The van der Waals surface area contributed by atoms with Crippen molar-refractivity contribution in [2.45, 2.75) is 59.0 Å². The Morgan fingerprint density at radius 2 is 1.52 bits per heavy atom. The van der Waals surface area contributed by atoms with Crippen molar-refractivity contribution in [3.05, 3.63) is 87.6 Å². The highest BCUT2D eigenvalue weighted by Crippen LogP contribution is 2.14. The zero-order chi connectivity index (χ0) is 20.6. The predicted molar refractivity (Wildman–Crippen MR) is 119 cm³/mol. The summed E-state index contributed by atoms with van der Waals surface area (Å²) < 4.78 is 9.04. The summed E-state index contributed by atoms with van der Waals surface area (Å²) in [6.07, 6.45) is 6.97. The Morgan fingerprint density at radius 1 is 0.862 bits per heavy atom. The van der Waals surface area contributed by atoms with Gasteiger partial charge in [0.2, 0.25) is 0 Å². The van der Waals surface area contributed by atoms with E-state index >= 15 is 0 Å². The molecule has 0 N–H and O–H groups in total. The van der Waals surface area contributed by atoms with Gasteiger partial charge in [-0.15, -0.1) is 0 Å². The molecule has 0 aliphatic heterocycles. The van der Waals surface area contributed by atoms with Crippen LogP contribution in [-0.2, 0) is 32.4 Å². The Morgan fingerprint density at radius 3 is 2.14 bits per heavy atom. The van der Waals surface area contributed by atoms with Crippen LogP contribution in [0.4, 0.5) is 0 Å². The molecule has 154 valence electrons. The lowest BCUT2D eigenvalue weighted by atomic mass is 10.1. The molecule has 1 heterocycles. The molecular weight excluding hydrogens is 360 g/mol. The first-order chi connectivity index (χ1) is 14.1. The van der Waals surface area contributed by atoms with Crippen LogP contribution >= 0.6 is 0 Å². The predicted octanol–water partition coefficient (Wildman–Crippen LogP) is 4.85. The van der Waals surface area contributed by atoms with Crippen molar-refractivity contribution in [2.75, 3.05) is 7.11 Å². The van der Waals surface area contributed by atoms with Gasteiger partial charge in [0.25, 0.3) is 0 Å². The van der Waals surface area contributed by atoms with Crippen LogP contribution < -0.4 is 10.4 Å². The van der Waals surface area contributed by atoms with E-state index in [9.17, 15) is 4.79 Å². The van der Waals surface area contributed by atoms with Crippen molar-refractivity contribution in [3.8, 4) is 5.75 Å². The van der Waals surface area contributed by atoms with Crippen LogP contribution in [0.15, 0.2) is 59.5 Å². The zero-order valence-corrected chi connectivity index (χ0v) is 17.9. The number of rotatable bonds is 10. The molecule has 0 saturated heterocycles. The van der Waals surface area contributed by atoms with Gasteiger partial charge in [0.1, 0.15) is 5.75 Å². The zero-order valence-electron chi connectivity index (χ0n) is 17.9. The minimum absolute atomic E-state index is 0.103. The van der Waals surface area contributed by atoms with Crippen molar-refractivity contribution >= 4 is 0 Å². The molecule has 0 fully saturated rings. The summed E-state index contributed by atoms with van der Waals surface area (Å²) in [5.74, 6) is 0.884. The van der Waals surface area contributed by atoms with Crippen LogP contribution in [0.5, 0.6) is 5.75 Å². The van der Waals surface area contributed by atoms with Crippen molar-refractivity contribution < 1.29 is 4.74 Å². The Balaban J connectivity index is 1.69. The molecule has 3 aromatic rings. The first kappa shape index (κ1) is 21.0. The molecule has 2 aromatic carbocycles. The lowest BCUT2D eigenvalue weighted by Gasteiger charge is -2.06. The van der Waals surface area contributed by atoms with Gasteiger partial charge in [-0.2, -0.15) is 0 Å². The van der Waals surface area contributed by atoms with Gasteiger partial charge >= 0.3 is 5.69 Å². The minimum atomic E-state index is 0.103. The minimum Gasteiger partial charge on any atom is -0.497 e. The highest BCUT2D eigenvalue weighted by atomic mass is 16.5. The van der Waals surface area contributed by atoms with Gasteiger partial charge in [-0.3, -0.25) is 9.13 Å². The van der Waals surface area contributed by atoms with Crippen LogP contribution in [0.1, 0.15) is 49.1 Å². The molecule has 1 aromatic heterocycles. The van der Waals surface area contributed by atoms with Crippen molar-refractivity contribution in [2.24, 2.45) is 0 Å². The van der Waals surface area contributed by atoms with Crippen LogP contribution in [0, 0.1) is 0 Å². The van der Waals surface area contributed by atoms with Crippen molar-refractivity contribution in [1.29, 1.82) is 0 Å². The number of nitrogens with zero attached hydrogens (tertiary/aromatic N) is 2. The monoisotopic (exact) mass is 392 g/mol. The number of aryl methyl sites for hydroxylation is 3. The largest absolute Gasteiger partial charge is 0.497 e. The van der Waals surface area contributed by atoms with E-state index in [0.29, 0.717) is 6.54 Å². The van der Waals surface area contributed by atoms with Gasteiger partial charge in [-0.05, 0) is 60.9 Å². The van der Waals surface area contributed by atoms with E-state index in [2.05, 4.69) is 56.4 Å². The van der Waals surface area contributed by atoms with E-state index in [0.717, 1.165) is 50.1 Å². The van der Waals surface area contributed by atoms with E-state index < -0.39 is 0 Å². The second-order valence-corrected chi connectivity index (χ2v) is 7.55. The van der Waals surface area contributed by atoms with E-state index in [4.69, 9.17) is 4.74 Å². The topological polar surface area (TPSA) is 36.2 Å². The Labute approximate surface area is 173 Å². The summed E-state index contributed by atoms with van der Waals surface area (Å²) in [5, 5.41) is 0. The van der Waals surface area contributed by atoms with Crippen LogP contribution in [-0.4, -0.2) is 16.2 Å². The van der Waals surface area contributed by atoms with Crippen LogP contribution in [0.2, 0.25) is 0 Å². The van der Waals surface area contributed by atoms with Crippen molar-refractivity contribution in [3.63, 3.8) is 0 Å². The van der Waals surface area contributed by atoms with E-state index in [1.807, 2.05) is 21.3 Å². The Kier molecular flexibility index (Phi) is 7.34. The highest BCUT2D eigenvalue weighted by Gasteiger charge is 2.11. The third-order valence-corrected chi connectivity index (χ3v) is 5.42. The highest BCUT2D eigenvalue weighted by molar-refractivity contribution is 5.27. The average molecular weight is 393 g/mol. The molecule has 29 heavy (non-hydrogen) atoms. The number of hydrogen-bond donors (Lipinski definition) is 0. The van der Waals surface area contributed by atoms with Gasteiger partial charge in [0, 0.05) is 18.4 Å². The van der Waals surface area contributed by atoms with E-state index in [-0.39, 0.29) is 5.69 Å². The maximum atomic E-state index is 12.9. The molecule has 4 nitrogen and oxygen atoms in total. The number of methoxy groups -OCH3 is 1. The smallest absolute Gasteiger partial charge is 0.328 e. The lowest BCUT2D eigenvalue weighted by molar-refractivity contribution is 0.414. The summed E-state index contributed by atoms with van der Waals surface area (Å²) in [5.41, 5.74) is 5.03. The summed E-state index contributed by atoms with van der Waals surface area (Å²) in [7, 11) is 1.69. The maximum absolute atomic E-state index is 12.9. The standard InChI is InChI=1S/C25H32N2O2/c1-4-17-27-23(8-6-7-21-13-15-24(29-3)16-14-21)19-26(25(27)28)18-22-11-9-20(5-2)10-12-22/h9-16,19H,4-8,17-18H2,1-3H3. The van der Waals surface area contributed by atoms with E-state index in [1.54, 1.807) is 7.11 Å². The number of imidazole rings is 1. The molecule has 0 spiro atoms. The molecule has 0 radical (unpaired) electrons.